The quantitative estimate of drug-likeness (QED) is 0.662. The van der Waals surface area contributed by atoms with Gasteiger partial charge in [0.2, 0.25) is 0 Å². The minimum absolute atomic E-state index is 0.0181. The first-order valence-corrected chi connectivity index (χ1v) is 10.4. The lowest BCUT2D eigenvalue weighted by Gasteiger charge is -2.45. The van der Waals surface area contributed by atoms with Crippen molar-refractivity contribution in [1.29, 1.82) is 0 Å². The number of carbonyl (C=O) groups excluding carboxylic acids is 2. The third-order valence-electron chi connectivity index (χ3n) is 7.17. The van der Waals surface area contributed by atoms with Gasteiger partial charge in [0, 0.05) is 18.3 Å². The van der Waals surface area contributed by atoms with Crippen LogP contribution in [0.5, 0.6) is 0 Å². The average Bonchev–Trinajstić information content (AvgIpc) is 2.96. The molecule has 4 atom stereocenters. The summed E-state index contributed by atoms with van der Waals surface area (Å²) in [6.07, 6.45) is 14.8. The Labute approximate surface area is 156 Å². The highest BCUT2D eigenvalue weighted by Gasteiger charge is 2.53. The molecule has 0 aromatic carbocycles. The van der Waals surface area contributed by atoms with Gasteiger partial charge in [-0.1, -0.05) is 32.4 Å². The number of unbranched alkanes of at least 4 members (excludes halogenated alkanes) is 1. The van der Waals surface area contributed by atoms with Crippen molar-refractivity contribution in [3.63, 3.8) is 0 Å². The van der Waals surface area contributed by atoms with Crippen molar-refractivity contribution in [2.45, 2.75) is 77.7 Å². The van der Waals surface area contributed by atoms with Crippen LogP contribution in [0.15, 0.2) is 34.9 Å². The number of carbonyl (C=O) groups is 2. The topological polar surface area (TPSA) is 43.4 Å². The molecule has 0 saturated heterocycles. The number of hydrogen-bond acceptors (Lipinski definition) is 3. The maximum absolute atomic E-state index is 12.2. The van der Waals surface area contributed by atoms with Gasteiger partial charge < -0.3 is 4.74 Å². The van der Waals surface area contributed by atoms with Crippen LogP contribution < -0.4 is 0 Å². The van der Waals surface area contributed by atoms with Crippen LogP contribution in [-0.2, 0) is 14.3 Å². The molecule has 0 aromatic heterocycles. The zero-order valence-electron chi connectivity index (χ0n) is 16.1. The van der Waals surface area contributed by atoms with Gasteiger partial charge in [-0.15, -0.1) is 0 Å². The zero-order chi connectivity index (χ0) is 18.3. The van der Waals surface area contributed by atoms with Crippen LogP contribution in [0.3, 0.4) is 0 Å². The molecule has 0 spiro atoms. The summed E-state index contributed by atoms with van der Waals surface area (Å²) >= 11 is 0. The first kappa shape index (κ1) is 17.8. The second-order valence-electron chi connectivity index (χ2n) is 8.68. The van der Waals surface area contributed by atoms with E-state index in [9.17, 15) is 9.59 Å². The Morgan fingerprint density at radius 1 is 1.23 bits per heavy atom. The van der Waals surface area contributed by atoms with Gasteiger partial charge in [-0.3, -0.25) is 9.59 Å². The van der Waals surface area contributed by atoms with E-state index in [2.05, 4.69) is 26.0 Å². The van der Waals surface area contributed by atoms with Crippen molar-refractivity contribution in [2.24, 2.45) is 17.3 Å². The van der Waals surface area contributed by atoms with E-state index < -0.39 is 0 Å². The highest BCUT2D eigenvalue weighted by molar-refractivity contribution is 5.93. The van der Waals surface area contributed by atoms with E-state index in [0.717, 1.165) is 44.9 Å². The molecule has 3 heteroatoms. The number of esters is 1. The van der Waals surface area contributed by atoms with E-state index in [1.807, 2.05) is 6.08 Å². The summed E-state index contributed by atoms with van der Waals surface area (Å²) in [4.78, 5) is 23.9. The van der Waals surface area contributed by atoms with E-state index in [1.54, 1.807) is 0 Å². The molecule has 0 aromatic rings. The van der Waals surface area contributed by atoms with Gasteiger partial charge in [0.25, 0.3) is 0 Å². The lowest BCUT2D eigenvalue weighted by atomic mass is 9.60. The second-order valence-corrected chi connectivity index (χ2v) is 8.68. The number of fused-ring (bicyclic) bond motifs is 4. The predicted molar refractivity (Wildman–Crippen MR) is 101 cm³/mol. The van der Waals surface area contributed by atoms with Gasteiger partial charge >= 0.3 is 5.97 Å². The van der Waals surface area contributed by atoms with E-state index in [1.165, 1.54) is 16.7 Å². The molecule has 0 bridgehead atoms. The summed E-state index contributed by atoms with van der Waals surface area (Å²) < 4.78 is 5.92. The second kappa shape index (κ2) is 6.83. The van der Waals surface area contributed by atoms with Gasteiger partial charge in [0.05, 0.1) is 0 Å². The lowest BCUT2D eigenvalue weighted by Crippen LogP contribution is -2.40. The molecule has 4 aliphatic carbocycles. The maximum Gasteiger partial charge on any atom is 0.306 e. The summed E-state index contributed by atoms with van der Waals surface area (Å²) in [5.74, 6) is 1.37. The normalized spacial score (nSPS) is 35.5. The number of ketones is 1. The monoisotopic (exact) mass is 354 g/mol. The minimum Gasteiger partial charge on any atom is -0.461 e. The molecule has 1 saturated carbocycles. The molecule has 1 fully saturated rings. The molecular weight excluding hydrogens is 324 g/mol. The van der Waals surface area contributed by atoms with E-state index >= 15 is 0 Å². The van der Waals surface area contributed by atoms with Gasteiger partial charge in [0.15, 0.2) is 5.78 Å². The van der Waals surface area contributed by atoms with Crippen molar-refractivity contribution in [3.8, 4) is 0 Å². The van der Waals surface area contributed by atoms with Gasteiger partial charge in [-0.05, 0) is 73.2 Å². The molecule has 0 heterocycles. The zero-order valence-corrected chi connectivity index (χ0v) is 16.1. The predicted octanol–water partition coefficient (Wildman–Crippen LogP) is 5.07. The largest absolute Gasteiger partial charge is 0.461 e. The third kappa shape index (κ3) is 2.90. The van der Waals surface area contributed by atoms with E-state index in [-0.39, 0.29) is 23.3 Å². The fraction of sp³-hybridized carbons (Fsp3) is 0.652. The molecule has 0 amide bonds. The highest BCUT2D eigenvalue weighted by atomic mass is 16.5. The van der Waals surface area contributed by atoms with E-state index in [0.29, 0.717) is 24.7 Å². The Hall–Kier alpha value is -1.64. The summed E-state index contributed by atoms with van der Waals surface area (Å²) in [5.41, 5.74) is 4.14. The molecule has 4 rings (SSSR count). The summed E-state index contributed by atoms with van der Waals surface area (Å²) in [6, 6.07) is 0. The number of ether oxygens (including phenoxy) is 1. The summed E-state index contributed by atoms with van der Waals surface area (Å²) in [6.45, 7) is 4.39. The van der Waals surface area contributed by atoms with Gasteiger partial charge in [-0.25, -0.2) is 0 Å². The van der Waals surface area contributed by atoms with Gasteiger partial charge in [-0.2, -0.15) is 0 Å². The molecule has 0 unspecified atom stereocenters. The first-order valence-electron chi connectivity index (χ1n) is 10.4. The van der Waals surface area contributed by atoms with Crippen molar-refractivity contribution in [3.05, 3.63) is 34.9 Å². The van der Waals surface area contributed by atoms with Crippen molar-refractivity contribution < 1.29 is 14.3 Å². The molecule has 4 aliphatic rings. The van der Waals surface area contributed by atoms with Crippen LogP contribution in [0.2, 0.25) is 0 Å². The van der Waals surface area contributed by atoms with Gasteiger partial charge in [0.1, 0.15) is 6.10 Å². The average molecular weight is 354 g/mol. The van der Waals surface area contributed by atoms with Crippen LogP contribution >= 0.6 is 0 Å². The lowest BCUT2D eigenvalue weighted by molar-refractivity contribution is -0.153. The first-order chi connectivity index (χ1) is 12.5. The van der Waals surface area contributed by atoms with Crippen LogP contribution in [0.1, 0.15) is 71.6 Å². The van der Waals surface area contributed by atoms with Crippen molar-refractivity contribution >= 4 is 11.8 Å². The Morgan fingerprint density at radius 3 is 2.88 bits per heavy atom. The van der Waals surface area contributed by atoms with Crippen LogP contribution in [0, 0.1) is 17.3 Å². The minimum atomic E-state index is -0.0394. The van der Waals surface area contributed by atoms with E-state index in [4.69, 9.17) is 4.74 Å². The smallest absolute Gasteiger partial charge is 0.306 e. The molecule has 0 radical (unpaired) electrons. The Balaban J connectivity index is 1.59. The highest BCUT2D eigenvalue weighted by Crippen LogP contribution is 2.57. The number of hydrogen-bond donors (Lipinski definition) is 0. The Kier molecular flexibility index (Phi) is 4.66. The molecule has 26 heavy (non-hydrogen) atoms. The fourth-order valence-corrected chi connectivity index (χ4v) is 5.70. The summed E-state index contributed by atoms with van der Waals surface area (Å²) in [5, 5.41) is 0. The van der Waals surface area contributed by atoms with Crippen LogP contribution in [-0.4, -0.2) is 17.9 Å². The molecule has 0 N–H and O–H groups in total. The fourth-order valence-electron chi connectivity index (χ4n) is 5.70. The molecular formula is C23H30O3. The van der Waals surface area contributed by atoms with Crippen molar-refractivity contribution in [2.75, 3.05) is 0 Å². The SMILES string of the molecule is CCCCC(=O)O[C@H]1CC[C@H]2[C@@H]3CCC4=CC(=O)CCC4=C3C=C[C@]12C. The molecule has 140 valence electrons. The van der Waals surface area contributed by atoms with Crippen LogP contribution in [0.25, 0.3) is 0 Å². The van der Waals surface area contributed by atoms with Crippen molar-refractivity contribution in [1.82, 2.24) is 0 Å². The molecule has 0 aliphatic heterocycles. The number of allylic oxidation sites excluding steroid dienone is 5. The Morgan fingerprint density at radius 2 is 2.08 bits per heavy atom. The Bertz CT molecular complexity index is 711. The maximum atomic E-state index is 12.2. The van der Waals surface area contributed by atoms with Crippen LogP contribution in [0.4, 0.5) is 0 Å². The molecule has 3 nitrogen and oxygen atoms in total. The summed E-state index contributed by atoms with van der Waals surface area (Å²) in [7, 11) is 0. The number of rotatable bonds is 4. The third-order valence-corrected chi connectivity index (χ3v) is 7.17. The standard InChI is InChI=1S/C23H30O3/c1-3-4-5-22(25)26-21-11-10-20-19-8-6-15-14-16(24)7-9-17(15)18(19)12-13-23(20,21)2/h12-14,19-21H,3-11H2,1-2H3/t19-,20+,21+,23+/m1/s1.